The van der Waals surface area contributed by atoms with E-state index in [1.54, 1.807) is 37.3 Å². The van der Waals surface area contributed by atoms with Crippen molar-refractivity contribution in [3.63, 3.8) is 0 Å². The third-order valence-electron chi connectivity index (χ3n) is 5.75. The number of morpholine rings is 1. The van der Waals surface area contributed by atoms with Gasteiger partial charge in [0, 0.05) is 31.7 Å². The van der Waals surface area contributed by atoms with Crippen LogP contribution in [0.25, 0.3) is 10.2 Å². The fourth-order valence-electron chi connectivity index (χ4n) is 3.89. The molecule has 4 rings (SSSR count). The van der Waals surface area contributed by atoms with Gasteiger partial charge in [-0.1, -0.05) is 29.0 Å². The summed E-state index contributed by atoms with van der Waals surface area (Å²) in [7, 11) is 3.13. The summed E-state index contributed by atoms with van der Waals surface area (Å²) in [6.45, 7) is 6.78. The van der Waals surface area contributed by atoms with Crippen LogP contribution in [0.1, 0.15) is 22.3 Å². The van der Waals surface area contributed by atoms with Gasteiger partial charge in [-0.05, 0) is 43.2 Å². The molecule has 0 N–H and O–H groups in total. The Hall–Kier alpha value is -2.39. The zero-order valence-corrected chi connectivity index (χ0v) is 20.7. The Labute approximate surface area is 202 Å². The lowest BCUT2D eigenvalue weighted by atomic mass is 10.1. The maximum absolute atomic E-state index is 13.7. The lowest BCUT2D eigenvalue weighted by molar-refractivity contribution is 0.0376. The molecule has 0 bridgehead atoms. The van der Waals surface area contributed by atoms with Crippen molar-refractivity contribution in [1.82, 2.24) is 9.88 Å². The molecule has 9 heteroatoms. The van der Waals surface area contributed by atoms with Gasteiger partial charge >= 0.3 is 0 Å². The second-order valence-corrected chi connectivity index (χ2v) is 9.26. The van der Waals surface area contributed by atoms with Crippen LogP contribution in [0.3, 0.4) is 0 Å². The standard InChI is InChI=1S/C24H28ClN3O4S/c1-16-5-7-18(25)22-21(16)26-24(33-22)28(10-4-9-27-11-13-32-14-12-27)23(29)17-6-8-19(30-2)20(15-17)31-3/h5-8,15H,4,9-14H2,1-3H3. The Morgan fingerprint density at radius 1 is 1.18 bits per heavy atom. The first-order chi connectivity index (χ1) is 16.0. The smallest absolute Gasteiger partial charge is 0.260 e. The number of methoxy groups -OCH3 is 2. The molecular formula is C24H28ClN3O4S. The van der Waals surface area contributed by atoms with Crippen LogP contribution < -0.4 is 14.4 Å². The number of halogens is 1. The topological polar surface area (TPSA) is 64.1 Å². The van der Waals surface area contributed by atoms with Gasteiger partial charge in [-0.2, -0.15) is 0 Å². The number of hydrogen-bond acceptors (Lipinski definition) is 7. The normalized spacial score (nSPS) is 14.4. The molecule has 0 spiro atoms. The molecule has 0 aliphatic carbocycles. The fraction of sp³-hybridized carbons (Fsp3) is 0.417. The molecule has 0 atom stereocenters. The molecule has 1 aromatic heterocycles. The van der Waals surface area contributed by atoms with Gasteiger partial charge < -0.3 is 14.2 Å². The highest BCUT2D eigenvalue weighted by molar-refractivity contribution is 7.23. The summed E-state index contributed by atoms with van der Waals surface area (Å²) >= 11 is 7.89. The van der Waals surface area contributed by atoms with Crippen LogP contribution >= 0.6 is 22.9 Å². The number of amides is 1. The summed E-state index contributed by atoms with van der Waals surface area (Å²) in [6.07, 6.45) is 0.821. The van der Waals surface area contributed by atoms with Gasteiger partial charge in [0.1, 0.15) is 0 Å². The minimum absolute atomic E-state index is 0.134. The number of aryl methyl sites for hydroxylation is 1. The molecular weight excluding hydrogens is 462 g/mol. The molecule has 7 nitrogen and oxygen atoms in total. The van der Waals surface area contributed by atoms with Crippen LogP contribution in [0, 0.1) is 6.92 Å². The highest BCUT2D eigenvalue weighted by Gasteiger charge is 2.24. The van der Waals surface area contributed by atoms with E-state index in [9.17, 15) is 4.79 Å². The monoisotopic (exact) mass is 489 g/mol. The molecule has 33 heavy (non-hydrogen) atoms. The molecule has 1 aliphatic rings. The average molecular weight is 490 g/mol. The van der Waals surface area contributed by atoms with Crippen molar-refractivity contribution in [2.24, 2.45) is 0 Å². The van der Waals surface area contributed by atoms with Crippen LogP contribution in [0.5, 0.6) is 11.5 Å². The minimum Gasteiger partial charge on any atom is -0.493 e. The third kappa shape index (κ3) is 5.24. The first-order valence-corrected chi connectivity index (χ1v) is 12.1. The van der Waals surface area contributed by atoms with Crippen LogP contribution in [-0.2, 0) is 4.74 Å². The summed E-state index contributed by atoms with van der Waals surface area (Å²) in [5.41, 5.74) is 2.38. The van der Waals surface area contributed by atoms with Gasteiger partial charge in [-0.15, -0.1) is 0 Å². The van der Waals surface area contributed by atoms with Crippen molar-refractivity contribution >= 4 is 44.2 Å². The zero-order valence-electron chi connectivity index (χ0n) is 19.1. The van der Waals surface area contributed by atoms with E-state index in [0.29, 0.717) is 33.8 Å². The quantitative estimate of drug-likeness (QED) is 0.459. The van der Waals surface area contributed by atoms with Gasteiger partial charge in [-0.25, -0.2) is 4.98 Å². The van der Waals surface area contributed by atoms with Crippen LogP contribution in [0.2, 0.25) is 5.02 Å². The Balaban J connectivity index is 1.64. The molecule has 0 unspecified atom stereocenters. The minimum atomic E-state index is -0.134. The number of fused-ring (bicyclic) bond motifs is 1. The average Bonchev–Trinajstić information content (AvgIpc) is 3.30. The predicted molar refractivity (Wildman–Crippen MR) is 132 cm³/mol. The molecule has 2 heterocycles. The van der Waals surface area contributed by atoms with Gasteiger partial charge in [0.25, 0.3) is 5.91 Å². The molecule has 3 aromatic rings. The molecule has 1 aliphatic heterocycles. The van der Waals surface area contributed by atoms with Crippen molar-refractivity contribution in [3.8, 4) is 11.5 Å². The first-order valence-electron chi connectivity index (χ1n) is 10.9. The summed E-state index contributed by atoms with van der Waals surface area (Å²) in [6, 6.07) is 9.04. The van der Waals surface area contributed by atoms with Gasteiger partial charge in [0.15, 0.2) is 16.6 Å². The molecule has 0 radical (unpaired) electrons. The van der Waals surface area contributed by atoms with Gasteiger partial charge in [-0.3, -0.25) is 14.6 Å². The highest BCUT2D eigenvalue weighted by atomic mass is 35.5. The predicted octanol–water partition coefficient (Wildman–Crippen LogP) is 4.64. The number of rotatable bonds is 8. The van der Waals surface area contributed by atoms with Crippen LogP contribution in [-0.4, -0.2) is 69.4 Å². The van der Waals surface area contributed by atoms with Crippen LogP contribution in [0.4, 0.5) is 5.13 Å². The summed E-state index contributed by atoms with van der Waals surface area (Å²) < 4.78 is 17.1. The van der Waals surface area contributed by atoms with E-state index in [2.05, 4.69) is 4.90 Å². The molecule has 1 amide bonds. The van der Waals surface area contributed by atoms with E-state index in [-0.39, 0.29) is 5.91 Å². The Morgan fingerprint density at radius 3 is 2.64 bits per heavy atom. The Kier molecular flexibility index (Phi) is 7.70. The highest BCUT2D eigenvalue weighted by Crippen LogP contribution is 2.36. The van der Waals surface area contributed by atoms with E-state index in [4.69, 9.17) is 30.8 Å². The van der Waals surface area contributed by atoms with E-state index in [1.807, 2.05) is 19.1 Å². The number of hydrogen-bond donors (Lipinski definition) is 0. The van der Waals surface area contributed by atoms with Crippen molar-refractivity contribution in [3.05, 3.63) is 46.5 Å². The summed E-state index contributed by atoms with van der Waals surface area (Å²) in [5, 5.41) is 1.29. The lowest BCUT2D eigenvalue weighted by Gasteiger charge is -2.27. The second-order valence-electron chi connectivity index (χ2n) is 7.87. The van der Waals surface area contributed by atoms with Crippen molar-refractivity contribution in [2.75, 3.05) is 58.5 Å². The van der Waals surface area contributed by atoms with E-state index < -0.39 is 0 Å². The number of ether oxygens (including phenoxy) is 3. The number of anilines is 1. The molecule has 0 saturated carbocycles. The SMILES string of the molecule is COc1ccc(C(=O)N(CCCN2CCOCC2)c2nc3c(C)ccc(Cl)c3s2)cc1OC. The molecule has 1 saturated heterocycles. The number of thiazole rings is 1. The molecule has 1 fully saturated rings. The molecule has 176 valence electrons. The Bertz CT molecular complexity index is 1090. The van der Waals surface area contributed by atoms with E-state index in [0.717, 1.165) is 55.0 Å². The zero-order chi connectivity index (χ0) is 23.4. The number of aromatic nitrogens is 1. The van der Waals surface area contributed by atoms with Crippen molar-refractivity contribution in [2.45, 2.75) is 13.3 Å². The Morgan fingerprint density at radius 2 is 1.94 bits per heavy atom. The number of carbonyl (C=O) groups excluding carboxylic acids is 1. The third-order valence-corrected chi connectivity index (χ3v) is 7.29. The van der Waals surface area contributed by atoms with Gasteiger partial charge in [0.05, 0.1) is 42.7 Å². The number of nitrogens with zero attached hydrogens (tertiary/aromatic N) is 3. The summed E-state index contributed by atoms with van der Waals surface area (Å²) in [4.78, 5) is 22.6. The maximum atomic E-state index is 13.7. The van der Waals surface area contributed by atoms with E-state index >= 15 is 0 Å². The second kappa shape index (κ2) is 10.7. The van der Waals surface area contributed by atoms with Crippen LogP contribution in [0.15, 0.2) is 30.3 Å². The largest absolute Gasteiger partial charge is 0.493 e. The fourth-order valence-corrected chi connectivity index (χ4v) is 5.23. The maximum Gasteiger partial charge on any atom is 0.260 e. The van der Waals surface area contributed by atoms with Crippen molar-refractivity contribution < 1.29 is 19.0 Å². The summed E-state index contributed by atoms with van der Waals surface area (Å²) in [5.74, 6) is 0.959. The number of carbonyl (C=O) groups is 1. The van der Waals surface area contributed by atoms with Gasteiger partial charge in [0.2, 0.25) is 0 Å². The first kappa shape index (κ1) is 23.8. The van der Waals surface area contributed by atoms with E-state index in [1.165, 1.54) is 11.3 Å². The van der Waals surface area contributed by atoms with Crippen molar-refractivity contribution in [1.29, 1.82) is 0 Å². The lowest BCUT2D eigenvalue weighted by Crippen LogP contribution is -2.39. The molecule has 2 aromatic carbocycles. The number of benzene rings is 2.